The predicted molar refractivity (Wildman–Crippen MR) is 101 cm³/mol. The Labute approximate surface area is 155 Å². The summed E-state index contributed by atoms with van der Waals surface area (Å²) < 4.78 is 7.00. The molecule has 0 fully saturated rings. The molecule has 4 rings (SSSR count). The van der Waals surface area contributed by atoms with Gasteiger partial charge in [0.15, 0.2) is 12.4 Å². The third-order valence-corrected chi connectivity index (χ3v) is 4.07. The highest BCUT2D eigenvalue weighted by Gasteiger charge is 2.12. The van der Waals surface area contributed by atoms with Crippen LogP contribution in [0.1, 0.15) is 21.7 Å². The van der Waals surface area contributed by atoms with E-state index in [1.165, 1.54) is 6.20 Å². The highest BCUT2D eigenvalue weighted by atomic mass is 16.5. The molecule has 0 aliphatic carbocycles. The number of nitrogen functional groups attached to an aromatic ring is 1. The fourth-order valence-electron chi connectivity index (χ4n) is 2.75. The molecule has 134 valence electrons. The number of benzene rings is 2. The first-order valence-electron chi connectivity index (χ1n) is 8.44. The van der Waals surface area contributed by atoms with Gasteiger partial charge in [-0.2, -0.15) is 5.10 Å². The van der Waals surface area contributed by atoms with Gasteiger partial charge in [0, 0.05) is 11.6 Å². The summed E-state index contributed by atoms with van der Waals surface area (Å²) in [6.07, 6.45) is 3.14. The lowest BCUT2D eigenvalue weighted by molar-refractivity contribution is 0.0462. The van der Waals surface area contributed by atoms with Gasteiger partial charge in [-0.05, 0) is 17.7 Å². The van der Waals surface area contributed by atoms with Gasteiger partial charge in [0.1, 0.15) is 5.82 Å². The van der Waals surface area contributed by atoms with Gasteiger partial charge in [0.05, 0.1) is 23.8 Å². The Balaban J connectivity index is 1.42. The molecule has 0 saturated carbocycles. The summed E-state index contributed by atoms with van der Waals surface area (Å²) in [5.74, 6) is 0.239. The molecule has 0 unspecified atom stereocenters. The van der Waals surface area contributed by atoms with Crippen molar-refractivity contribution in [3.8, 4) is 0 Å². The lowest BCUT2D eigenvalue weighted by Crippen LogP contribution is -2.08. The van der Waals surface area contributed by atoms with E-state index < -0.39 is 5.97 Å². The summed E-state index contributed by atoms with van der Waals surface area (Å²) >= 11 is 0. The van der Waals surface area contributed by atoms with Crippen molar-refractivity contribution in [1.29, 1.82) is 0 Å². The third kappa shape index (κ3) is 3.77. The van der Waals surface area contributed by atoms with E-state index in [0.717, 1.165) is 10.9 Å². The zero-order valence-corrected chi connectivity index (χ0v) is 14.4. The van der Waals surface area contributed by atoms with Gasteiger partial charge in [-0.25, -0.2) is 14.8 Å². The van der Waals surface area contributed by atoms with Crippen LogP contribution in [-0.4, -0.2) is 25.7 Å². The van der Waals surface area contributed by atoms with E-state index in [0.29, 0.717) is 29.3 Å². The summed E-state index contributed by atoms with van der Waals surface area (Å²) in [5.41, 5.74) is 8.13. The SMILES string of the molecule is Nc1nc(COC(=O)c2cnn(Cc3ccccc3)c2)nc2ccccc12. The topological polar surface area (TPSA) is 95.9 Å². The zero-order chi connectivity index (χ0) is 18.6. The molecule has 0 aliphatic heterocycles. The van der Waals surface area contributed by atoms with E-state index in [9.17, 15) is 4.79 Å². The van der Waals surface area contributed by atoms with Crippen molar-refractivity contribution in [2.24, 2.45) is 0 Å². The molecule has 2 heterocycles. The van der Waals surface area contributed by atoms with Gasteiger partial charge in [-0.15, -0.1) is 0 Å². The number of nitrogens with two attached hydrogens (primary N) is 1. The number of para-hydroxylation sites is 1. The molecule has 2 aromatic carbocycles. The Kier molecular flexibility index (Phi) is 4.49. The van der Waals surface area contributed by atoms with Gasteiger partial charge in [0.2, 0.25) is 0 Å². The first-order valence-corrected chi connectivity index (χ1v) is 8.44. The van der Waals surface area contributed by atoms with E-state index in [1.807, 2.05) is 54.6 Å². The normalized spacial score (nSPS) is 10.8. The highest BCUT2D eigenvalue weighted by molar-refractivity contribution is 5.89. The minimum Gasteiger partial charge on any atom is -0.454 e. The van der Waals surface area contributed by atoms with E-state index in [1.54, 1.807) is 10.9 Å². The minimum atomic E-state index is -0.482. The number of ether oxygens (including phenoxy) is 1. The van der Waals surface area contributed by atoms with Crippen molar-refractivity contribution >= 4 is 22.7 Å². The van der Waals surface area contributed by atoms with Crippen LogP contribution in [0.15, 0.2) is 67.0 Å². The second-order valence-corrected chi connectivity index (χ2v) is 6.03. The lowest BCUT2D eigenvalue weighted by atomic mass is 10.2. The minimum absolute atomic E-state index is 0.0578. The van der Waals surface area contributed by atoms with Gasteiger partial charge >= 0.3 is 5.97 Å². The van der Waals surface area contributed by atoms with Gasteiger partial charge in [-0.1, -0.05) is 42.5 Å². The number of carbonyl (C=O) groups is 1. The number of nitrogens with zero attached hydrogens (tertiary/aromatic N) is 4. The number of rotatable bonds is 5. The van der Waals surface area contributed by atoms with Crippen LogP contribution in [0.2, 0.25) is 0 Å². The first-order chi connectivity index (χ1) is 13.2. The molecule has 0 spiro atoms. The van der Waals surface area contributed by atoms with Crippen molar-refractivity contribution < 1.29 is 9.53 Å². The molecule has 27 heavy (non-hydrogen) atoms. The number of esters is 1. The molecule has 0 bridgehead atoms. The number of anilines is 1. The molecule has 2 N–H and O–H groups in total. The maximum atomic E-state index is 12.3. The van der Waals surface area contributed by atoms with Crippen LogP contribution in [0.4, 0.5) is 5.82 Å². The molecule has 0 aliphatic rings. The summed E-state index contributed by atoms with van der Waals surface area (Å²) in [5, 5.41) is 4.98. The van der Waals surface area contributed by atoms with E-state index in [2.05, 4.69) is 15.1 Å². The maximum absolute atomic E-state index is 12.3. The number of fused-ring (bicyclic) bond motifs is 1. The Morgan fingerprint density at radius 1 is 1.04 bits per heavy atom. The quantitative estimate of drug-likeness (QED) is 0.551. The van der Waals surface area contributed by atoms with Crippen molar-refractivity contribution in [2.75, 3.05) is 5.73 Å². The van der Waals surface area contributed by atoms with Crippen molar-refractivity contribution in [1.82, 2.24) is 19.7 Å². The van der Waals surface area contributed by atoms with Gasteiger partial charge in [-0.3, -0.25) is 4.68 Å². The average Bonchev–Trinajstić information content (AvgIpc) is 3.15. The van der Waals surface area contributed by atoms with Crippen LogP contribution in [0, 0.1) is 0 Å². The first kappa shape index (κ1) is 16.7. The van der Waals surface area contributed by atoms with Gasteiger partial charge in [0.25, 0.3) is 0 Å². The summed E-state index contributed by atoms with van der Waals surface area (Å²) in [7, 11) is 0. The molecule has 0 saturated heterocycles. The number of carbonyl (C=O) groups excluding carboxylic acids is 1. The standard InChI is InChI=1S/C20H17N5O2/c21-19-16-8-4-5-9-17(16)23-18(24-19)13-27-20(26)15-10-22-25(12-15)11-14-6-2-1-3-7-14/h1-10,12H,11,13H2,(H2,21,23,24). The molecule has 4 aromatic rings. The van der Waals surface area contributed by atoms with Crippen molar-refractivity contribution in [3.05, 3.63) is 83.9 Å². The summed E-state index contributed by atoms with van der Waals surface area (Å²) in [6.45, 7) is 0.524. The largest absolute Gasteiger partial charge is 0.454 e. The van der Waals surface area contributed by atoms with Crippen LogP contribution >= 0.6 is 0 Å². The molecule has 7 heteroatoms. The Hall–Kier alpha value is -3.74. The Morgan fingerprint density at radius 2 is 1.81 bits per heavy atom. The fourth-order valence-corrected chi connectivity index (χ4v) is 2.75. The molecule has 7 nitrogen and oxygen atoms in total. The Bertz CT molecular complexity index is 1090. The van der Waals surface area contributed by atoms with Gasteiger partial charge < -0.3 is 10.5 Å². The van der Waals surface area contributed by atoms with Crippen LogP contribution in [0.5, 0.6) is 0 Å². The lowest BCUT2D eigenvalue weighted by Gasteiger charge is -2.06. The van der Waals surface area contributed by atoms with Crippen LogP contribution in [-0.2, 0) is 17.9 Å². The molecular weight excluding hydrogens is 342 g/mol. The fraction of sp³-hybridized carbons (Fsp3) is 0.100. The highest BCUT2D eigenvalue weighted by Crippen LogP contribution is 2.17. The van der Waals surface area contributed by atoms with Crippen molar-refractivity contribution in [2.45, 2.75) is 13.2 Å². The second kappa shape index (κ2) is 7.25. The Morgan fingerprint density at radius 3 is 2.67 bits per heavy atom. The third-order valence-electron chi connectivity index (χ3n) is 4.07. The zero-order valence-electron chi connectivity index (χ0n) is 14.4. The monoisotopic (exact) mass is 359 g/mol. The predicted octanol–water partition coefficient (Wildman–Crippen LogP) is 2.81. The van der Waals surface area contributed by atoms with Crippen LogP contribution in [0.25, 0.3) is 10.9 Å². The van der Waals surface area contributed by atoms with Crippen molar-refractivity contribution in [3.63, 3.8) is 0 Å². The van der Waals surface area contributed by atoms with E-state index >= 15 is 0 Å². The maximum Gasteiger partial charge on any atom is 0.341 e. The van der Waals surface area contributed by atoms with E-state index in [4.69, 9.17) is 10.5 Å². The van der Waals surface area contributed by atoms with Crippen LogP contribution in [0.3, 0.4) is 0 Å². The number of hydrogen-bond donors (Lipinski definition) is 1. The van der Waals surface area contributed by atoms with E-state index in [-0.39, 0.29) is 6.61 Å². The molecule has 0 amide bonds. The smallest absolute Gasteiger partial charge is 0.341 e. The number of aromatic nitrogens is 4. The molecule has 0 radical (unpaired) electrons. The molecule has 0 atom stereocenters. The molecular formula is C20H17N5O2. The number of hydrogen-bond acceptors (Lipinski definition) is 6. The average molecular weight is 359 g/mol. The summed E-state index contributed by atoms with van der Waals surface area (Å²) in [4.78, 5) is 20.8. The summed E-state index contributed by atoms with van der Waals surface area (Å²) in [6, 6.07) is 17.3. The van der Waals surface area contributed by atoms with Crippen LogP contribution < -0.4 is 5.73 Å². The molecule has 2 aromatic heterocycles. The second-order valence-electron chi connectivity index (χ2n) is 6.03.